The average molecular weight is 652 g/mol. The predicted octanol–water partition coefficient (Wildman–Crippen LogP) is 6.93. The smallest absolute Gasteiger partial charge is 0.408 e. The van der Waals surface area contributed by atoms with E-state index in [1.807, 2.05) is 96.1 Å². The molecule has 3 amide bonds. The van der Waals surface area contributed by atoms with E-state index in [0.717, 1.165) is 17.5 Å². The molecule has 0 aliphatic rings. The molecule has 0 saturated carbocycles. The number of alkyl carbamates (subject to hydrolysis) is 1. The molecule has 0 aliphatic heterocycles. The Labute approximate surface area is 282 Å². The minimum Gasteiger partial charge on any atom is -0.458 e. The maximum absolute atomic E-state index is 14.7. The molecule has 3 atom stereocenters. The predicted molar refractivity (Wildman–Crippen MR) is 186 cm³/mol. The normalized spacial score (nSPS) is 14.1. The lowest BCUT2D eigenvalue weighted by Gasteiger charge is -2.45. The first kappa shape index (κ1) is 39.3. The van der Waals surface area contributed by atoms with Gasteiger partial charge in [0.05, 0.1) is 0 Å². The van der Waals surface area contributed by atoms with Gasteiger partial charge < -0.3 is 25.0 Å². The van der Waals surface area contributed by atoms with Gasteiger partial charge in [-0.15, -0.1) is 0 Å². The number of hydrogen-bond donors (Lipinski definition) is 2. The van der Waals surface area contributed by atoms with Gasteiger partial charge in [-0.1, -0.05) is 82.3 Å². The second kappa shape index (κ2) is 16.3. The topological polar surface area (TPSA) is 114 Å². The molecular weight excluding hydrogens is 594 g/mol. The van der Waals surface area contributed by atoms with Gasteiger partial charge >= 0.3 is 12.1 Å². The second-order valence-electron chi connectivity index (χ2n) is 15.0. The molecule has 0 saturated heterocycles. The first-order valence-corrected chi connectivity index (χ1v) is 16.7. The number of benzene rings is 2. The highest BCUT2D eigenvalue weighted by Crippen LogP contribution is 2.33. The van der Waals surface area contributed by atoms with Crippen LogP contribution in [-0.4, -0.2) is 57.6 Å². The van der Waals surface area contributed by atoms with Crippen LogP contribution in [0.15, 0.2) is 54.6 Å². The van der Waals surface area contributed by atoms with Crippen molar-refractivity contribution in [1.29, 1.82) is 0 Å². The standard InChI is InChI=1S/C38H57N3O6/c1-13-26-20-22-28(23-21-26)31(32(42)39-29(34(44)46-36(5,6)7)24-27-18-16-15-17-19-27)41(38(11,12)14-2)33(43)30(25(3)4)40-35(45)47-37(8,9)10/h15-23,25,29-31H,13-14,24H2,1-12H3,(H,39,42)(H,40,45). The van der Waals surface area contributed by atoms with E-state index in [1.54, 1.807) is 46.4 Å². The molecule has 0 heterocycles. The zero-order valence-electron chi connectivity index (χ0n) is 30.5. The lowest BCUT2D eigenvalue weighted by Crippen LogP contribution is -2.61. The third kappa shape index (κ3) is 12.0. The van der Waals surface area contributed by atoms with Crippen molar-refractivity contribution in [3.8, 4) is 0 Å². The minimum absolute atomic E-state index is 0.197. The number of rotatable bonds is 13. The summed E-state index contributed by atoms with van der Waals surface area (Å²) < 4.78 is 11.2. The summed E-state index contributed by atoms with van der Waals surface area (Å²) in [5.74, 6) is -1.87. The summed E-state index contributed by atoms with van der Waals surface area (Å²) >= 11 is 0. The summed E-state index contributed by atoms with van der Waals surface area (Å²) in [5, 5.41) is 5.74. The van der Waals surface area contributed by atoms with Crippen LogP contribution in [0.2, 0.25) is 0 Å². The number of nitrogens with zero attached hydrogens (tertiary/aromatic N) is 1. The molecule has 2 N–H and O–H groups in total. The van der Waals surface area contributed by atoms with E-state index in [4.69, 9.17) is 9.47 Å². The van der Waals surface area contributed by atoms with E-state index in [1.165, 1.54) is 0 Å². The summed E-state index contributed by atoms with van der Waals surface area (Å²) in [7, 11) is 0. The molecule has 9 nitrogen and oxygen atoms in total. The average Bonchev–Trinajstić information content (AvgIpc) is 2.96. The number of hydrogen-bond acceptors (Lipinski definition) is 6. The Bertz CT molecular complexity index is 1340. The van der Waals surface area contributed by atoms with Gasteiger partial charge in [-0.2, -0.15) is 0 Å². The van der Waals surface area contributed by atoms with Crippen LogP contribution >= 0.6 is 0 Å². The van der Waals surface area contributed by atoms with Crippen LogP contribution in [0.5, 0.6) is 0 Å². The molecule has 0 aliphatic carbocycles. The third-order valence-corrected chi connectivity index (χ3v) is 7.86. The maximum atomic E-state index is 14.7. The van der Waals surface area contributed by atoms with Crippen LogP contribution in [0, 0.1) is 5.92 Å². The first-order valence-electron chi connectivity index (χ1n) is 16.7. The lowest BCUT2D eigenvalue weighted by molar-refractivity contribution is -0.159. The first-order chi connectivity index (χ1) is 21.7. The summed E-state index contributed by atoms with van der Waals surface area (Å²) in [5.41, 5.74) is 0.105. The van der Waals surface area contributed by atoms with Gasteiger partial charge in [0.25, 0.3) is 0 Å². The molecular formula is C38H57N3O6. The van der Waals surface area contributed by atoms with Crippen LogP contribution in [0.4, 0.5) is 4.79 Å². The fraction of sp³-hybridized carbons (Fsp3) is 0.579. The number of carbonyl (C=O) groups is 4. The summed E-state index contributed by atoms with van der Waals surface area (Å²) in [6, 6.07) is 13.8. The molecule has 3 unspecified atom stereocenters. The van der Waals surface area contributed by atoms with Gasteiger partial charge in [-0.25, -0.2) is 9.59 Å². The second-order valence-corrected chi connectivity index (χ2v) is 15.0. The molecule has 0 spiro atoms. The zero-order chi connectivity index (χ0) is 35.7. The molecule has 0 fully saturated rings. The number of aryl methyl sites for hydroxylation is 1. The Morgan fingerprint density at radius 1 is 0.745 bits per heavy atom. The molecule has 2 aromatic carbocycles. The van der Waals surface area contributed by atoms with Crippen molar-refractivity contribution >= 4 is 23.9 Å². The molecule has 0 aromatic heterocycles. The fourth-order valence-electron chi connectivity index (χ4n) is 5.06. The maximum Gasteiger partial charge on any atom is 0.408 e. The Kier molecular flexibility index (Phi) is 13.6. The van der Waals surface area contributed by atoms with E-state index in [0.29, 0.717) is 12.0 Å². The van der Waals surface area contributed by atoms with E-state index in [9.17, 15) is 19.2 Å². The molecule has 2 aromatic rings. The Balaban J connectivity index is 2.70. The van der Waals surface area contributed by atoms with Crippen molar-refractivity contribution in [3.05, 3.63) is 71.3 Å². The van der Waals surface area contributed by atoms with Crippen LogP contribution in [0.25, 0.3) is 0 Å². The molecule has 260 valence electrons. The number of amides is 3. The van der Waals surface area contributed by atoms with E-state index in [2.05, 4.69) is 10.6 Å². The Morgan fingerprint density at radius 3 is 1.77 bits per heavy atom. The fourth-order valence-corrected chi connectivity index (χ4v) is 5.06. The lowest BCUT2D eigenvalue weighted by atomic mass is 9.90. The number of esters is 1. The highest BCUT2D eigenvalue weighted by molar-refractivity contribution is 5.94. The monoisotopic (exact) mass is 651 g/mol. The van der Waals surface area contributed by atoms with Crippen molar-refractivity contribution < 1.29 is 28.7 Å². The molecule has 47 heavy (non-hydrogen) atoms. The molecule has 9 heteroatoms. The van der Waals surface area contributed by atoms with Gasteiger partial charge in [-0.05, 0) is 90.8 Å². The highest BCUT2D eigenvalue weighted by atomic mass is 16.6. The Hall–Kier alpha value is -3.88. The summed E-state index contributed by atoms with van der Waals surface area (Å²) in [6.45, 7) is 22.0. The van der Waals surface area contributed by atoms with Crippen molar-refractivity contribution in [3.63, 3.8) is 0 Å². The van der Waals surface area contributed by atoms with Crippen LogP contribution in [0.1, 0.15) is 112 Å². The quantitative estimate of drug-likeness (QED) is 0.227. The van der Waals surface area contributed by atoms with Crippen molar-refractivity contribution in [2.45, 2.75) is 137 Å². The highest BCUT2D eigenvalue weighted by Gasteiger charge is 2.44. The van der Waals surface area contributed by atoms with E-state index >= 15 is 0 Å². The molecule has 0 radical (unpaired) electrons. The summed E-state index contributed by atoms with van der Waals surface area (Å²) in [4.78, 5) is 57.4. The van der Waals surface area contributed by atoms with Crippen molar-refractivity contribution in [1.82, 2.24) is 15.5 Å². The van der Waals surface area contributed by atoms with Crippen LogP contribution < -0.4 is 10.6 Å². The van der Waals surface area contributed by atoms with Crippen LogP contribution in [0.3, 0.4) is 0 Å². The Morgan fingerprint density at radius 2 is 1.30 bits per heavy atom. The zero-order valence-corrected chi connectivity index (χ0v) is 30.5. The number of ether oxygens (including phenoxy) is 2. The molecule has 2 rings (SSSR count). The van der Waals surface area contributed by atoms with Crippen LogP contribution in [-0.2, 0) is 36.7 Å². The number of carbonyl (C=O) groups excluding carboxylic acids is 4. The van der Waals surface area contributed by atoms with Gasteiger partial charge in [0.15, 0.2) is 0 Å². The number of nitrogens with one attached hydrogen (secondary N) is 2. The van der Waals surface area contributed by atoms with Gasteiger partial charge in [0.2, 0.25) is 11.8 Å². The van der Waals surface area contributed by atoms with Crippen molar-refractivity contribution in [2.24, 2.45) is 5.92 Å². The third-order valence-electron chi connectivity index (χ3n) is 7.86. The van der Waals surface area contributed by atoms with E-state index < -0.39 is 58.7 Å². The largest absolute Gasteiger partial charge is 0.458 e. The molecule has 0 bridgehead atoms. The SMILES string of the molecule is CCc1ccc(C(C(=O)NC(Cc2ccccc2)C(=O)OC(C)(C)C)N(C(=O)C(NC(=O)OC(C)(C)C)C(C)C)C(C)(C)CC)cc1. The minimum atomic E-state index is -1.13. The summed E-state index contributed by atoms with van der Waals surface area (Å²) in [6.07, 6.45) is 0.780. The van der Waals surface area contributed by atoms with Gasteiger partial charge in [-0.3, -0.25) is 9.59 Å². The van der Waals surface area contributed by atoms with Crippen molar-refractivity contribution in [2.75, 3.05) is 0 Å². The van der Waals surface area contributed by atoms with Gasteiger partial charge in [0.1, 0.15) is 29.3 Å². The van der Waals surface area contributed by atoms with Gasteiger partial charge in [0, 0.05) is 12.0 Å². The van der Waals surface area contributed by atoms with E-state index in [-0.39, 0.29) is 12.3 Å².